The fourth-order valence-corrected chi connectivity index (χ4v) is 1.57. The van der Waals surface area contributed by atoms with E-state index < -0.39 is 10.8 Å². The molecular formula is C11H11N5O3. The summed E-state index contributed by atoms with van der Waals surface area (Å²) in [5, 5.41) is 22.9. The number of carbonyl (C=O) groups excluding carboxylic acids is 1. The Morgan fingerprint density at radius 3 is 2.95 bits per heavy atom. The monoisotopic (exact) mass is 261 g/mol. The van der Waals surface area contributed by atoms with E-state index in [1.165, 1.54) is 18.3 Å². The number of hydrogen-bond donors (Lipinski definition) is 2. The lowest BCUT2D eigenvalue weighted by molar-refractivity contribution is -0.384. The van der Waals surface area contributed by atoms with Crippen molar-refractivity contribution in [2.24, 2.45) is 0 Å². The maximum absolute atomic E-state index is 11.7. The molecule has 19 heavy (non-hydrogen) atoms. The van der Waals surface area contributed by atoms with Crippen LogP contribution in [-0.2, 0) is 0 Å². The summed E-state index contributed by atoms with van der Waals surface area (Å²) in [6.45, 7) is 1.73. The standard InChI is InChI=1S/C11H11N5O3/c1-7(13-11(17)10-6-12-15-14-10)8-3-2-4-9(5-8)16(18)19/h2-7H,1H3,(H,13,17)(H,12,14,15). The largest absolute Gasteiger partial charge is 0.344 e. The second-order valence-corrected chi connectivity index (χ2v) is 3.90. The topological polar surface area (TPSA) is 114 Å². The van der Waals surface area contributed by atoms with Crippen molar-refractivity contribution in [3.8, 4) is 0 Å². The van der Waals surface area contributed by atoms with Gasteiger partial charge in [-0.2, -0.15) is 15.4 Å². The van der Waals surface area contributed by atoms with Gasteiger partial charge in [0.2, 0.25) is 0 Å². The fraction of sp³-hybridized carbons (Fsp3) is 0.182. The van der Waals surface area contributed by atoms with Gasteiger partial charge in [-0.05, 0) is 12.5 Å². The van der Waals surface area contributed by atoms with Crippen LogP contribution in [0, 0.1) is 10.1 Å². The van der Waals surface area contributed by atoms with E-state index in [1.807, 2.05) is 0 Å². The minimum Gasteiger partial charge on any atom is -0.344 e. The Morgan fingerprint density at radius 2 is 2.32 bits per heavy atom. The molecule has 0 saturated carbocycles. The zero-order chi connectivity index (χ0) is 13.8. The quantitative estimate of drug-likeness (QED) is 0.634. The van der Waals surface area contributed by atoms with E-state index in [9.17, 15) is 14.9 Å². The molecule has 1 aromatic heterocycles. The van der Waals surface area contributed by atoms with Gasteiger partial charge < -0.3 is 5.32 Å². The van der Waals surface area contributed by atoms with Crippen LogP contribution in [0.25, 0.3) is 0 Å². The predicted octanol–water partition coefficient (Wildman–Crippen LogP) is 1.20. The molecule has 1 heterocycles. The normalized spacial score (nSPS) is 11.8. The van der Waals surface area contributed by atoms with Crippen molar-refractivity contribution in [3.05, 3.63) is 51.8 Å². The third-order valence-corrected chi connectivity index (χ3v) is 2.58. The van der Waals surface area contributed by atoms with Gasteiger partial charge in [-0.25, -0.2) is 0 Å². The summed E-state index contributed by atoms with van der Waals surface area (Å²) in [6.07, 6.45) is 1.30. The number of aromatic nitrogens is 3. The third-order valence-electron chi connectivity index (χ3n) is 2.58. The number of hydrogen-bond acceptors (Lipinski definition) is 5. The number of non-ortho nitro benzene ring substituents is 1. The summed E-state index contributed by atoms with van der Waals surface area (Å²) in [6, 6.07) is 5.74. The number of carbonyl (C=O) groups is 1. The molecular weight excluding hydrogens is 250 g/mol. The van der Waals surface area contributed by atoms with Gasteiger partial charge in [0.1, 0.15) is 0 Å². The number of nitro benzene ring substituents is 1. The molecule has 1 atom stereocenters. The van der Waals surface area contributed by atoms with Crippen LogP contribution >= 0.6 is 0 Å². The SMILES string of the molecule is CC(NC(=O)c1cn[nH]n1)c1cccc([N+](=O)[O-])c1. The molecule has 0 aliphatic carbocycles. The highest BCUT2D eigenvalue weighted by Gasteiger charge is 2.15. The van der Waals surface area contributed by atoms with Crippen molar-refractivity contribution >= 4 is 11.6 Å². The van der Waals surface area contributed by atoms with Crippen molar-refractivity contribution in [1.82, 2.24) is 20.7 Å². The summed E-state index contributed by atoms with van der Waals surface area (Å²) in [5.74, 6) is -0.396. The lowest BCUT2D eigenvalue weighted by Gasteiger charge is -2.12. The van der Waals surface area contributed by atoms with Gasteiger partial charge in [-0.3, -0.25) is 14.9 Å². The first kappa shape index (κ1) is 12.7. The van der Waals surface area contributed by atoms with Gasteiger partial charge in [-0.15, -0.1) is 0 Å². The van der Waals surface area contributed by atoms with Crippen LogP contribution in [0.2, 0.25) is 0 Å². The number of amides is 1. The first-order valence-corrected chi connectivity index (χ1v) is 5.49. The number of nitro groups is 1. The second-order valence-electron chi connectivity index (χ2n) is 3.90. The Morgan fingerprint density at radius 1 is 1.53 bits per heavy atom. The molecule has 0 radical (unpaired) electrons. The van der Waals surface area contributed by atoms with Gasteiger partial charge in [0.15, 0.2) is 5.69 Å². The molecule has 2 rings (SSSR count). The van der Waals surface area contributed by atoms with Gasteiger partial charge in [0.25, 0.3) is 11.6 Å². The number of nitrogens with one attached hydrogen (secondary N) is 2. The number of nitrogens with zero attached hydrogens (tertiary/aromatic N) is 3. The average molecular weight is 261 g/mol. The van der Waals surface area contributed by atoms with Crippen LogP contribution in [0.4, 0.5) is 5.69 Å². The summed E-state index contributed by atoms with van der Waals surface area (Å²) < 4.78 is 0. The maximum atomic E-state index is 11.7. The Bertz CT molecular complexity index is 596. The summed E-state index contributed by atoms with van der Waals surface area (Å²) in [5.41, 5.74) is 0.795. The Kier molecular flexibility index (Phi) is 3.51. The van der Waals surface area contributed by atoms with Crippen molar-refractivity contribution in [2.75, 3.05) is 0 Å². The van der Waals surface area contributed by atoms with E-state index in [-0.39, 0.29) is 17.4 Å². The van der Waals surface area contributed by atoms with Crippen molar-refractivity contribution in [1.29, 1.82) is 0 Å². The van der Waals surface area contributed by atoms with Crippen molar-refractivity contribution in [2.45, 2.75) is 13.0 Å². The average Bonchev–Trinajstić information content (AvgIpc) is 2.92. The summed E-state index contributed by atoms with van der Waals surface area (Å²) in [7, 11) is 0. The molecule has 2 aromatic rings. The van der Waals surface area contributed by atoms with E-state index in [1.54, 1.807) is 19.1 Å². The van der Waals surface area contributed by atoms with Gasteiger partial charge in [-0.1, -0.05) is 12.1 Å². The molecule has 1 amide bonds. The molecule has 0 spiro atoms. The number of rotatable bonds is 4. The first-order chi connectivity index (χ1) is 9.08. The molecule has 1 unspecified atom stereocenters. The van der Waals surface area contributed by atoms with E-state index in [2.05, 4.69) is 20.7 Å². The number of aromatic amines is 1. The molecule has 98 valence electrons. The predicted molar refractivity (Wildman–Crippen MR) is 65.4 cm³/mol. The molecule has 0 bridgehead atoms. The van der Waals surface area contributed by atoms with E-state index in [0.29, 0.717) is 5.56 Å². The molecule has 0 aliphatic heterocycles. The van der Waals surface area contributed by atoms with E-state index in [4.69, 9.17) is 0 Å². The highest BCUT2D eigenvalue weighted by molar-refractivity contribution is 5.92. The van der Waals surface area contributed by atoms with E-state index >= 15 is 0 Å². The zero-order valence-corrected chi connectivity index (χ0v) is 10.0. The van der Waals surface area contributed by atoms with Crippen molar-refractivity contribution in [3.63, 3.8) is 0 Å². The second kappa shape index (κ2) is 5.25. The number of benzene rings is 1. The van der Waals surface area contributed by atoms with Crippen LogP contribution in [0.1, 0.15) is 29.0 Å². The Labute approximate surface area is 108 Å². The zero-order valence-electron chi connectivity index (χ0n) is 10.0. The third kappa shape index (κ3) is 2.92. The smallest absolute Gasteiger partial charge is 0.273 e. The molecule has 0 saturated heterocycles. The minimum absolute atomic E-state index is 0.0139. The highest BCUT2D eigenvalue weighted by atomic mass is 16.6. The Hall–Kier alpha value is -2.77. The summed E-state index contributed by atoms with van der Waals surface area (Å²) in [4.78, 5) is 21.9. The molecule has 8 nitrogen and oxygen atoms in total. The fourth-order valence-electron chi connectivity index (χ4n) is 1.57. The van der Waals surface area contributed by atoms with Crippen LogP contribution in [0.3, 0.4) is 0 Å². The number of H-pyrrole nitrogens is 1. The Balaban J connectivity index is 2.11. The van der Waals surface area contributed by atoms with Gasteiger partial charge >= 0.3 is 0 Å². The molecule has 1 aromatic carbocycles. The lowest BCUT2D eigenvalue weighted by Crippen LogP contribution is -2.27. The highest BCUT2D eigenvalue weighted by Crippen LogP contribution is 2.19. The molecule has 0 aliphatic rings. The lowest BCUT2D eigenvalue weighted by atomic mass is 10.1. The summed E-state index contributed by atoms with van der Waals surface area (Å²) >= 11 is 0. The maximum Gasteiger partial charge on any atom is 0.273 e. The van der Waals surface area contributed by atoms with Gasteiger partial charge in [0.05, 0.1) is 17.2 Å². The molecule has 2 N–H and O–H groups in total. The van der Waals surface area contributed by atoms with Crippen LogP contribution in [0.15, 0.2) is 30.5 Å². The van der Waals surface area contributed by atoms with Crippen LogP contribution in [0.5, 0.6) is 0 Å². The van der Waals surface area contributed by atoms with Crippen molar-refractivity contribution < 1.29 is 9.72 Å². The molecule has 0 fully saturated rings. The van der Waals surface area contributed by atoms with Gasteiger partial charge in [0, 0.05) is 12.1 Å². The van der Waals surface area contributed by atoms with E-state index in [0.717, 1.165) is 0 Å². The first-order valence-electron chi connectivity index (χ1n) is 5.49. The van der Waals surface area contributed by atoms with Crippen LogP contribution < -0.4 is 5.32 Å². The van der Waals surface area contributed by atoms with Crippen LogP contribution in [-0.4, -0.2) is 26.2 Å². The minimum atomic E-state index is -0.477. The molecule has 8 heteroatoms.